The Kier molecular flexibility index (Phi) is 4.90. The molecule has 3 rings (SSSR count). The number of hydrogen-bond donors (Lipinski definition) is 0. The summed E-state index contributed by atoms with van der Waals surface area (Å²) < 4.78 is 11.0. The molecular formula is C16H23N3O3. The molecule has 0 bridgehead atoms. The second-order valence-corrected chi connectivity index (χ2v) is 5.72. The summed E-state index contributed by atoms with van der Waals surface area (Å²) in [4.78, 5) is 21.0. The predicted octanol–water partition coefficient (Wildman–Crippen LogP) is 1.03. The van der Waals surface area contributed by atoms with Gasteiger partial charge in [-0.15, -0.1) is 0 Å². The van der Waals surface area contributed by atoms with E-state index in [9.17, 15) is 4.79 Å². The monoisotopic (exact) mass is 305 g/mol. The normalized spacial score (nSPS) is 22.8. The van der Waals surface area contributed by atoms with Crippen molar-refractivity contribution in [2.75, 3.05) is 45.9 Å². The highest BCUT2D eigenvalue weighted by atomic mass is 16.5. The number of ether oxygens (including phenoxy) is 2. The van der Waals surface area contributed by atoms with Crippen LogP contribution < -0.4 is 4.74 Å². The van der Waals surface area contributed by atoms with Crippen molar-refractivity contribution in [1.82, 2.24) is 14.8 Å². The van der Waals surface area contributed by atoms with Crippen LogP contribution in [0.2, 0.25) is 0 Å². The predicted molar refractivity (Wildman–Crippen MR) is 82.1 cm³/mol. The molecule has 22 heavy (non-hydrogen) atoms. The molecule has 1 unspecified atom stereocenters. The van der Waals surface area contributed by atoms with Crippen molar-refractivity contribution in [2.24, 2.45) is 0 Å². The summed E-state index contributed by atoms with van der Waals surface area (Å²) in [6, 6.07) is 3.57. The van der Waals surface area contributed by atoms with Crippen molar-refractivity contribution in [3.8, 4) is 5.88 Å². The molecule has 0 aromatic carbocycles. The van der Waals surface area contributed by atoms with Gasteiger partial charge in [0, 0.05) is 44.9 Å². The van der Waals surface area contributed by atoms with Crippen LogP contribution >= 0.6 is 0 Å². The molecule has 120 valence electrons. The maximum Gasteiger partial charge on any atom is 0.255 e. The topological polar surface area (TPSA) is 54.9 Å². The van der Waals surface area contributed by atoms with Crippen molar-refractivity contribution in [1.29, 1.82) is 0 Å². The van der Waals surface area contributed by atoms with Crippen molar-refractivity contribution >= 4 is 5.91 Å². The Morgan fingerprint density at radius 2 is 2.18 bits per heavy atom. The molecule has 0 saturated carbocycles. The molecular weight excluding hydrogens is 282 g/mol. The number of piperazine rings is 1. The lowest BCUT2D eigenvalue weighted by molar-refractivity contribution is 0.0642. The van der Waals surface area contributed by atoms with Crippen LogP contribution in [0.3, 0.4) is 0 Å². The van der Waals surface area contributed by atoms with Gasteiger partial charge in [-0.1, -0.05) is 6.92 Å². The third-order valence-electron chi connectivity index (χ3n) is 4.27. The number of amides is 1. The minimum Gasteiger partial charge on any atom is -0.472 e. The van der Waals surface area contributed by atoms with Crippen LogP contribution in [-0.2, 0) is 4.74 Å². The molecule has 0 spiro atoms. The smallest absolute Gasteiger partial charge is 0.255 e. The molecule has 0 N–H and O–H groups in total. The first kappa shape index (κ1) is 15.2. The van der Waals surface area contributed by atoms with E-state index in [-0.39, 0.29) is 12.0 Å². The summed E-state index contributed by atoms with van der Waals surface area (Å²) in [6.07, 6.45) is 2.58. The maximum absolute atomic E-state index is 12.5. The Bertz CT molecular complexity index is 492. The lowest BCUT2D eigenvalue weighted by Gasteiger charge is -2.34. The van der Waals surface area contributed by atoms with E-state index in [1.54, 1.807) is 18.3 Å². The average molecular weight is 305 g/mol. The number of pyridine rings is 1. The summed E-state index contributed by atoms with van der Waals surface area (Å²) in [7, 11) is 0. The highest BCUT2D eigenvalue weighted by Gasteiger charge is 2.22. The lowest BCUT2D eigenvalue weighted by Crippen LogP contribution is -2.48. The number of carbonyl (C=O) groups excluding carboxylic acids is 1. The zero-order valence-corrected chi connectivity index (χ0v) is 13.0. The van der Waals surface area contributed by atoms with E-state index in [1.807, 2.05) is 4.90 Å². The van der Waals surface area contributed by atoms with Gasteiger partial charge < -0.3 is 19.3 Å². The molecule has 6 nitrogen and oxygen atoms in total. The van der Waals surface area contributed by atoms with Crippen LogP contribution in [0.15, 0.2) is 18.3 Å². The van der Waals surface area contributed by atoms with Gasteiger partial charge in [-0.2, -0.15) is 0 Å². The molecule has 1 amide bonds. The average Bonchev–Trinajstić information content (AvgIpc) is 3.08. The van der Waals surface area contributed by atoms with Crippen LogP contribution in [0.5, 0.6) is 5.88 Å². The van der Waals surface area contributed by atoms with Crippen LogP contribution in [0, 0.1) is 0 Å². The molecule has 6 heteroatoms. The van der Waals surface area contributed by atoms with Crippen LogP contribution in [-0.4, -0.2) is 72.7 Å². The maximum atomic E-state index is 12.5. The van der Waals surface area contributed by atoms with Gasteiger partial charge in [0.25, 0.3) is 5.91 Å². The minimum absolute atomic E-state index is 0.0546. The minimum atomic E-state index is 0.0546. The van der Waals surface area contributed by atoms with Gasteiger partial charge in [-0.25, -0.2) is 4.98 Å². The molecule has 0 radical (unpaired) electrons. The van der Waals surface area contributed by atoms with Crippen LogP contribution in [0.1, 0.15) is 23.7 Å². The first-order valence-electron chi connectivity index (χ1n) is 7.98. The SMILES string of the molecule is CCN1CCN(C(=O)c2ccc(OC3CCOC3)nc2)CC1. The number of hydrogen-bond acceptors (Lipinski definition) is 5. The molecule has 0 aliphatic carbocycles. The van der Waals surface area contributed by atoms with Gasteiger partial charge in [0.2, 0.25) is 5.88 Å². The number of likely N-dealkylation sites (N-methyl/N-ethyl adjacent to an activating group) is 1. The third kappa shape index (κ3) is 3.56. The zero-order valence-electron chi connectivity index (χ0n) is 13.0. The van der Waals surface area contributed by atoms with Crippen molar-refractivity contribution < 1.29 is 14.3 Å². The highest BCUT2D eigenvalue weighted by Crippen LogP contribution is 2.16. The number of nitrogens with zero attached hydrogens (tertiary/aromatic N) is 3. The molecule has 2 fully saturated rings. The van der Waals surface area contributed by atoms with E-state index >= 15 is 0 Å². The summed E-state index contributed by atoms with van der Waals surface area (Å²) >= 11 is 0. The van der Waals surface area contributed by atoms with Gasteiger partial charge in [0.1, 0.15) is 6.10 Å². The van der Waals surface area contributed by atoms with Gasteiger partial charge in [0.05, 0.1) is 18.8 Å². The number of rotatable bonds is 4. The Hall–Kier alpha value is -1.66. The van der Waals surface area contributed by atoms with E-state index in [1.165, 1.54) is 0 Å². The zero-order chi connectivity index (χ0) is 15.4. The van der Waals surface area contributed by atoms with Gasteiger partial charge in [-0.05, 0) is 12.6 Å². The van der Waals surface area contributed by atoms with E-state index in [0.717, 1.165) is 45.8 Å². The van der Waals surface area contributed by atoms with Gasteiger partial charge >= 0.3 is 0 Å². The summed E-state index contributed by atoms with van der Waals surface area (Å²) in [6.45, 7) is 8.00. The molecule has 1 aromatic heterocycles. The largest absolute Gasteiger partial charge is 0.472 e. The Balaban J connectivity index is 1.56. The lowest BCUT2D eigenvalue weighted by atomic mass is 10.2. The van der Waals surface area contributed by atoms with Gasteiger partial charge in [-0.3, -0.25) is 4.79 Å². The Morgan fingerprint density at radius 1 is 1.36 bits per heavy atom. The molecule has 1 atom stereocenters. The van der Waals surface area contributed by atoms with Gasteiger partial charge in [0.15, 0.2) is 0 Å². The van der Waals surface area contributed by atoms with Crippen molar-refractivity contribution in [3.05, 3.63) is 23.9 Å². The Morgan fingerprint density at radius 3 is 2.77 bits per heavy atom. The van der Waals surface area contributed by atoms with E-state index < -0.39 is 0 Å². The molecule has 2 aliphatic heterocycles. The quantitative estimate of drug-likeness (QED) is 0.831. The summed E-state index contributed by atoms with van der Waals surface area (Å²) in [5, 5.41) is 0. The fourth-order valence-electron chi connectivity index (χ4n) is 2.80. The van der Waals surface area contributed by atoms with Crippen molar-refractivity contribution in [2.45, 2.75) is 19.4 Å². The number of aromatic nitrogens is 1. The summed E-state index contributed by atoms with van der Waals surface area (Å²) in [5.41, 5.74) is 0.625. The molecule has 2 aliphatic rings. The van der Waals surface area contributed by atoms with E-state index in [0.29, 0.717) is 18.1 Å². The van der Waals surface area contributed by atoms with E-state index in [2.05, 4.69) is 16.8 Å². The van der Waals surface area contributed by atoms with E-state index in [4.69, 9.17) is 9.47 Å². The second-order valence-electron chi connectivity index (χ2n) is 5.72. The Labute approximate surface area is 131 Å². The highest BCUT2D eigenvalue weighted by molar-refractivity contribution is 5.94. The first-order valence-corrected chi connectivity index (χ1v) is 7.98. The third-order valence-corrected chi connectivity index (χ3v) is 4.27. The van der Waals surface area contributed by atoms with Crippen LogP contribution in [0.25, 0.3) is 0 Å². The molecule has 3 heterocycles. The fraction of sp³-hybridized carbons (Fsp3) is 0.625. The fourth-order valence-corrected chi connectivity index (χ4v) is 2.80. The molecule has 2 saturated heterocycles. The standard InChI is InChI=1S/C16H23N3O3/c1-2-18-6-8-19(9-7-18)16(20)13-3-4-15(17-11-13)22-14-5-10-21-12-14/h3-4,11,14H,2,5-10,12H2,1H3. The second kappa shape index (κ2) is 7.07. The first-order chi connectivity index (χ1) is 10.8. The van der Waals surface area contributed by atoms with Crippen molar-refractivity contribution in [3.63, 3.8) is 0 Å². The van der Waals surface area contributed by atoms with Crippen LogP contribution in [0.4, 0.5) is 0 Å². The number of carbonyl (C=O) groups is 1. The molecule has 1 aromatic rings. The summed E-state index contributed by atoms with van der Waals surface area (Å²) in [5.74, 6) is 0.613.